The molecule has 1 N–H and O–H groups in total. The third-order valence-corrected chi connectivity index (χ3v) is 7.55. The first-order chi connectivity index (χ1) is 15.1. The van der Waals surface area contributed by atoms with Gasteiger partial charge in [0, 0.05) is 54.8 Å². The number of amides is 2. The van der Waals surface area contributed by atoms with Crippen LogP contribution in [0.15, 0.2) is 24.3 Å². The largest absolute Gasteiger partial charge is 0.379 e. The molecule has 1 aliphatic carbocycles. The molecule has 0 unspecified atom stereocenters. The Morgan fingerprint density at radius 3 is 2.29 bits per heavy atom. The van der Waals surface area contributed by atoms with Gasteiger partial charge in [0.1, 0.15) is 0 Å². The summed E-state index contributed by atoms with van der Waals surface area (Å²) in [4.78, 5) is 30.1. The second-order valence-electron chi connectivity index (χ2n) is 9.18. The Morgan fingerprint density at radius 2 is 1.65 bits per heavy atom. The average Bonchev–Trinajstić information content (AvgIpc) is 2.84. The number of likely N-dealkylation sites (tertiary alicyclic amines) is 1. The number of rotatable bonds is 5. The Balaban J connectivity index is 1.29. The van der Waals surface area contributed by atoms with E-state index in [0.717, 1.165) is 58.5 Å². The van der Waals surface area contributed by atoms with Gasteiger partial charge in [0.05, 0.1) is 13.2 Å². The Hall–Kier alpha value is -1.63. The molecule has 31 heavy (non-hydrogen) atoms. The molecule has 4 rings (SSSR count). The molecule has 0 aromatic heterocycles. The van der Waals surface area contributed by atoms with E-state index < -0.39 is 0 Å². The molecule has 3 fully saturated rings. The maximum Gasteiger partial charge on any atom is 0.253 e. The number of benzene rings is 1. The van der Waals surface area contributed by atoms with Crippen LogP contribution in [0.25, 0.3) is 0 Å². The minimum atomic E-state index is -0.0143. The van der Waals surface area contributed by atoms with Crippen LogP contribution in [0, 0.1) is 5.92 Å². The second kappa shape index (κ2) is 10.3. The van der Waals surface area contributed by atoms with Gasteiger partial charge in [0.2, 0.25) is 5.91 Å². The highest BCUT2D eigenvalue weighted by Gasteiger charge is 2.39. The molecule has 1 aromatic carbocycles. The van der Waals surface area contributed by atoms with Crippen LogP contribution < -0.4 is 5.32 Å². The Morgan fingerprint density at radius 1 is 1.00 bits per heavy atom. The summed E-state index contributed by atoms with van der Waals surface area (Å²) in [5.74, 6) is 0.153. The molecule has 2 heterocycles. The van der Waals surface area contributed by atoms with Crippen molar-refractivity contribution in [1.29, 1.82) is 0 Å². The summed E-state index contributed by atoms with van der Waals surface area (Å²) in [5, 5.41) is 3.93. The SMILES string of the molecule is O=C(NCC1(N2CCOCC2)CCCCC1)C1CCN(C(=O)c2ccc(Cl)cc2)CC1. The zero-order valence-corrected chi connectivity index (χ0v) is 19.0. The number of nitrogens with zero attached hydrogens (tertiary/aromatic N) is 2. The third kappa shape index (κ3) is 5.41. The summed E-state index contributed by atoms with van der Waals surface area (Å²) in [6, 6.07) is 7.01. The van der Waals surface area contributed by atoms with E-state index in [2.05, 4.69) is 10.2 Å². The highest BCUT2D eigenvalue weighted by atomic mass is 35.5. The maximum absolute atomic E-state index is 13.0. The van der Waals surface area contributed by atoms with E-state index in [0.29, 0.717) is 23.7 Å². The van der Waals surface area contributed by atoms with Gasteiger partial charge in [-0.25, -0.2) is 0 Å². The molecule has 0 spiro atoms. The Kier molecular flexibility index (Phi) is 7.51. The number of carbonyl (C=O) groups is 2. The number of carbonyl (C=O) groups excluding carboxylic acids is 2. The van der Waals surface area contributed by atoms with E-state index in [1.807, 2.05) is 4.90 Å². The summed E-state index contributed by atoms with van der Waals surface area (Å²) >= 11 is 5.92. The summed E-state index contributed by atoms with van der Waals surface area (Å²) < 4.78 is 5.56. The monoisotopic (exact) mass is 447 g/mol. The van der Waals surface area contributed by atoms with Crippen molar-refractivity contribution in [2.24, 2.45) is 5.92 Å². The molecule has 6 nitrogen and oxygen atoms in total. The van der Waals surface area contributed by atoms with Crippen molar-refractivity contribution in [1.82, 2.24) is 15.1 Å². The highest BCUT2D eigenvalue weighted by molar-refractivity contribution is 6.30. The second-order valence-corrected chi connectivity index (χ2v) is 9.61. The van der Waals surface area contributed by atoms with Crippen LogP contribution in [0.3, 0.4) is 0 Å². The van der Waals surface area contributed by atoms with Crippen molar-refractivity contribution >= 4 is 23.4 Å². The predicted octanol–water partition coefficient (Wildman–Crippen LogP) is 3.34. The van der Waals surface area contributed by atoms with Crippen LogP contribution in [-0.2, 0) is 9.53 Å². The molecule has 2 amide bonds. The zero-order chi connectivity index (χ0) is 21.7. The normalized spacial score (nSPS) is 22.8. The van der Waals surface area contributed by atoms with Crippen molar-refractivity contribution in [3.05, 3.63) is 34.9 Å². The highest BCUT2D eigenvalue weighted by Crippen LogP contribution is 2.34. The van der Waals surface area contributed by atoms with Gasteiger partial charge in [-0.15, -0.1) is 0 Å². The van der Waals surface area contributed by atoms with E-state index in [1.165, 1.54) is 19.3 Å². The minimum Gasteiger partial charge on any atom is -0.379 e. The lowest BCUT2D eigenvalue weighted by molar-refractivity contribution is -0.127. The molecule has 2 saturated heterocycles. The van der Waals surface area contributed by atoms with Gasteiger partial charge in [-0.3, -0.25) is 14.5 Å². The van der Waals surface area contributed by atoms with Gasteiger partial charge in [0.25, 0.3) is 5.91 Å². The summed E-state index contributed by atoms with van der Waals surface area (Å²) in [6.07, 6.45) is 7.51. The minimum absolute atomic E-state index is 0.0143. The van der Waals surface area contributed by atoms with Gasteiger partial charge in [0.15, 0.2) is 0 Å². The molecular weight excluding hydrogens is 414 g/mol. The third-order valence-electron chi connectivity index (χ3n) is 7.30. The van der Waals surface area contributed by atoms with Crippen LogP contribution in [0.4, 0.5) is 0 Å². The van der Waals surface area contributed by atoms with Crippen molar-refractivity contribution in [3.63, 3.8) is 0 Å². The molecule has 1 aromatic rings. The van der Waals surface area contributed by atoms with Gasteiger partial charge < -0.3 is 15.0 Å². The van der Waals surface area contributed by atoms with Crippen molar-refractivity contribution < 1.29 is 14.3 Å². The topological polar surface area (TPSA) is 61.9 Å². The molecule has 170 valence electrons. The fourth-order valence-electron chi connectivity index (χ4n) is 5.37. The summed E-state index contributed by atoms with van der Waals surface area (Å²) in [7, 11) is 0. The molecular formula is C24H34ClN3O3. The van der Waals surface area contributed by atoms with Crippen LogP contribution in [-0.4, -0.2) is 73.1 Å². The first kappa shape index (κ1) is 22.6. The lowest BCUT2D eigenvalue weighted by atomic mass is 9.79. The number of nitrogens with one attached hydrogen (secondary N) is 1. The lowest BCUT2D eigenvalue weighted by Gasteiger charge is -2.48. The predicted molar refractivity (Wildman–Crippen MR) is 121 cm³/mol. The number of halogens is 1. The van der Waals surface area contributed by atoms with Gasteiger partial charge >= 0.3 is 0 Å². The molecule has 2 aliphatic heterocycles. The van der Waals surface area contributed by atoms with E-state index in [9.17, 15) is 9.59 Å². The number of hydrogen-bond acceptors (Lipinski definition) is 4. The van der Waals surface area contributed by atoms with E-state index >= 15 is 0 Å². The summed E-state index contributed by atoms with van der Waals surface area (Å²) in [6.45, 7) is 5.46. The van der Waals surface area contributed by atoms with Crippen molar-refractivity contribution in [2.75, 3.05) is 45.9 Å². The molecule has 3 aliphatic rings. The number of morpholine rings is 1. The lowest BCUT2D eigenvalue weighted by Crippen LogP contribution is -2.60. The van der Waals surface area contributed by atoms with Crippen LogP contribution in [0.1, 0.15) is 55.3 Å². The fraction of sp³-hybridized carbons (Fsp3) is 0.667. The van der Waals surface area contributed by atoms with Gasteiger partial charge in [-0.05, 0) is 49.9 Å². The first-order valence-corrected chi connectivity index (χ1v) is 12.1. The zero-order valence-electron chi connectivity index (χ0n) is 18.3. The van der Waals surface area contributed by atoms with E-state index in [-0.39, 0.29) is 23.3 Å². The van der Waals surface area contributed by atoms with E-state index in [1.54, 1.807) is 24.3 Å². The standard InChI is InChI=1S/C24H34ClN3O3/c25-21-6-4-20(5-7-21)23(30)27-12-8-19(9-13-27)22(29)26-18-24(10-2-1-3-11-24)28-14-16-31-17-15-28/h4-7,19H,1-3,8-18H2,(H,26,29). The molecule has 0 atom stereocenters. The van der Waals surface area contributed by atoms with E-state index in [4.69, 9.17) is 16.3 Å². The van der Waals surface area contributed by atoms with Crippen LogP contribution in [0.2, 0.25) is 5.02 Å². The molecule has 0 bridgehead atoms. The summed E-state index contributed by atoms with van der Waals surface area (Å²) in [5.41, 5.74) is 0.736. The number of ether oxygens (including phenoxy) is 1. The Bertz CT molecular complexity index is 750. The first-order valence-electron chi connectivity index (χ1n) is 11.7. The van der Waals surface area contributed by atoms with Gasteiger partial charge in [-0.1, -0.05) is 30.9 Å². The number of piperidine rings is 1. The Labute approximate surface area is 190 Å². The van der Waals surface area contributed by atoms with Crippen LogP contribution >= 0.6 is 11.6 Å². The molecule has 1 saturated carbocycles. The smallest absolute Gasteiger partial charge is 0.253 e. The number of hydrogen-bond donors (Lipinski definition) is 1. The van der Waals surface area contributed by atoms with Crippen molar-refractivity contribution in [2.45, 2.75) is 50.5 Å². The molecule has 0 radical (unpaired) electrons. The average molecular weight is 448 g/mol. The van der Waals surface area contributed by atoms with Crippen molar-refractivity contribution in [3.8, 4) is 0 Å². The van der Waals surface area contributed by atoms with Crippen LogP contribution in [0.5, 0.6) is 0 Å². The van der Waals surface area contributed by atoms with Gasteiger partial charge in [-0.2, -0.15) is 0 Å². The maximum atomic E-state index is 13.0. The fourth-order valence-corrected chi connectivity index (χ4v) is 5.49. The molecule has 7 heteroatoms. The quantitative estimate of drug-likeness (QED) is 0.751.